The highest BCUT2D eigenvalue weighted by atomic mass is 16.3. The van der Waals surface area contributed by atoms with Crippen molar-refractivity contribution in [2.45, 2.75) is 32.0 Å². The first-order valence-corrected chi connectivity index (χ1v) is 8.72. The number of aliphatic hydroxyl groups excluding tert-OH is 1. The van der Waals surface area contributed by atoms with Gasteiger partial charge in [0.25, 0.3) is 5.91 Å². The molecular weight excluding hydrogens is 332 g/mol. The summed E-state index contributed by atoms with van der Waals surface area (Å²) in [6.45, 7) is 3.43. The molecule has 1 saturated heterocycles. The lowest BCUT2D eigenvalue weighted by Gasteiger charge is -2.36. The minimum atomic E-state index is -0.649. The number of rotatable bonds is 5. The van der Waals surface area contributed by atoms with Crippen LogP contribution in [0.3, 0.4) is 0 Å². The quantitative estimate of drug-likeness (QED) is 0.780. The second kappa shape index (κ2) is 7.80. The topological polar surface area (TPSA) is 87.5 Å². The van der Waals surface area contributed by atoms with Gasteiger partial charge in [-0.15, -0.1) is 0 Å². The SMILES string of the molecule is CC(=O)c1cc(CN2CC[C@@H](NC(=O)c3ccccn3)[C@H](O)C2)n(C)c1. The number of pyridine rings is 1. The molecule has 1 aliphatic heterocycles. The number of piperidine rings is 1. The number of carbonyl (C=O) groups excluding carboxylic acids is 2. The van der Waals surface area contributed by atoms with Crippen LogP contribution in [0, 0.1) is 0 Å². The fourth-order valence-electron chi connectivity index (χ4n) is 3.24. The van der Waals surface area contributed by atoms with Crippen LogP contribution in [-0.4, -0.2) is 56.5 Å². The number of likely N-dealkylation sites (tertiary alicyclic amines) is 1. The van der Waals surface area contributed by atoms with Crippen LogP contribution in [-0.2, 0) is 13.6 Å². The number of hydrogen-bond donors (Lipinski definition) is 2. The van der Waals surface area contributed by atoms with Gasteiger partial charge in [0.1, 0.15) is 5.69 Å². The van der Waals surface area contributed by atoms with Crippen LogP contribution in [0.15, 0.2) is 36.7 Å². The number of amides is 1. The van der Waals surface area contributed by atoms with Crippen molar-refractivity contribution in [3.63, 3.8) is 0 Å². The summed E-state index contributed by atoms with van der Waals surface area (Å²) in [4.78, 5) is 29.9. The molecule has 0 radical (unpaired) electrons. The van der Waals surface area contributed by atoms with E-state index in [1.807, 2.05) is 23.9 Å². The van der Waals surface area contributed by atoms with Crippen LogP contribution in [0.5, 0.6) is 0 Å². The number of β-amino-alcohol motifs (C(OH)–C–C–N with tert-alkyl or cyclic N) is 1. The van der Waals surface area contributed by atoms with E-state index in [1.54, 1.807) is 31.3 Å². The number of aromatic nitrogens is 2. The zero-order valence-electron chi connectivity index (χ0n) is 15.1. The van der Waals surface area contributed by atoms with Gasteiger partial charge in [-0.1, -0.05) is 6.07 Å². The molecule has 2 atom stereocenters. The third kappa shape index (κ3) is 4.17. The number of nitrogens with zero attached hydrogens (tertiary/aromatic N) is 3. The molecule has 0 unspecified atom stereocenters. The van der Waals surface area contributed by atoms with E-state index in [-0.39, 0.29) is 17.7 Å². The monoisotopic (exact) mass is 356 g/mol. The maximum atomic E-state index is 12.2. The molecule has 3 heterocycles. The average Bonchev–Trinajstić information content (AvgIpc) is 2.99. The van der Waals surface area contributed by atoms with E-state index in [0.717, 1.165) is 12.2 Å². The number of aliphatic hydroxyl groups is 1. The van der Waals surface area contributed by atoms with E-state index in [1.165, 1.54) is 0 Å². The Kier molecular flexibility index (Phi) is 5.49. The lowest BCUT2D eigenvalue weighted by molar-refractivity contribution is 0.0341. The number of Topliss-reactive ketones (excluding diaryl/α,β-unsaturated/α-hetero) is 1. The van der Waals surface area contributed by atoms with E-state index < -0.39 is 6.10 Å². The van der Waals surface area contributed by atoms with Crippen LogP contribution in [0.25, 0.3) is 0 Å². The predicted octanol–water partition coefficient (Wildman–Crippen LogP) is 0.988. The lowest BCUT2D eigenvalue weighted by Crippen LogP contribution is -2.53. The molecule has 1 fully saturated rings. The number of ketones is 1. The molecule has 0 aliphatic carbocycles. The summed E-state index contributed by atoms with van der Waals surface area (Å²) in [7, 11) is 1.91. The number of carbonyl (C=O) groups is 2. The molecule has 0 bridgehead atoms. The van der Waals surface area contributed by atoms with E-state index >= 15 is 0 Å². The normalized spacial score (nSPS) is 20.7. The Morgan fingerprint density at radius 2 is 2.19 bits per heavy atom. The molecule has 1 amide bonds. The van der Waals surface area contributed by atoms with Gasteiger partial charge < -0.3 is 15.0 Å². The minimum Gasteiger partial charge on any atom is -0.390 e. The molecule has 2 aromatic heterocycles. The molecule has 0 spiro atoms. The molecule has 0 aromatic carbocycles. The van der Waals surface area contributed by atoms with Gasteiger partial charge >= 0.3 is 0 Å². The van der Waals surface area contributed by atoms with Crippen LogP contribution >= 0.6 is 0 Å². The number of aryl methyl sites for hydroxylation is 1. The number of nitrogens with one attached hydrogen (secondary N) is 1. The summed E-state index contributed by atoms with van der Waals surface area (Å²) in [6, 6.07) is 6.77. The largest absolute Gasteiger partial charge is 0.390 e. The van der Waals surface area contributed by atoms with Crippen molar-refractivity contribution in [2.24, 2.45) is 7.05 Å². The maximum absolute atomic E-state index is 12.2. The highest BCUT2D eigenvalue weighted by Gasteiger charge is 2.29. The van der Waals surface area contributed by atoms with Gasteiger partial charge in [0.2, 0.25) is 0 Å². The lowest BCUT2D eigenvalue weighted by atomic mass is 10.0. The molecule has 2 N–H and O–H groups in total. The van der Waals surface area contributed by atoms with Crippen molar-refractivity contribution in [2.75, 3.05) is 13.1 Å². The van der Waals surface area contributed by atoms with Crippen molar-refractivity contribution in [3.8, 4) is 0 Å². The molecule has 1 aliphatic rings. The molecule has 7 nitrogen and oxygen atoms in total. The van der Waals surface area contributed by atoms with Crippen molar-refractivity contribution >= 4 is 11.7 Å². The highest BCUT2D eigenvalue weighted by Crippen LogP contribution is 2.17. The second-order valence-electron chi connectivity index (χ2n) is 6.77. The van der Waals surface area contributed by atoms with Gasteiger partial charge in [0, 0.05) is 50.3 Å². The van der Waals surface area contributed by atoms with E-state index in [9.17, 15) is 14.7 Å². The highest BCUT2D eigenvalue weighted by molar-refractivity contribution is 5.94. The van der Waals surface area contributed by atoms with Crippen LogP contribution in [0.1, 0.15) is 39.9 Å². The Bertz CT molecular complexity index is 787. The van der Waals surface area contributed by atoms with Crippen molar-refractivity contribution in [1.82, 2.24) is 19.8 Å². The number of hydrogen-bond acceptors (Lipinski definition) is 5. The van der Waals surface area contributed by atoms with Gasteiger partial charge in [0.05, 0.1) is 12.1 Å². The molecule has 26 heavy (non-hydrogen) atoms. The maximum Gasteiger partial charge on any atom is 0.270 e. The fraction of sp³-hybridized carbons (Fsp3) is 0.421. The smallest absolute Gasteiger partial charge is 0.270 e. The van der Waals surface area contributed by atoms with Gasteiger partial charge in [-0.25, -0.2) is 0 Å². The molecular formula is C19H24N4O3. The summed E-state index contributed by atoms with van der Waals surface area (Å²) in [6.07, 6.45) is 3.41. The molecule has 3 rings (SSSR count). The first kappa shape index (κ1) is 18.3. The first-order valence-electron chi connectivity index (χ1n) is 8.72. The second-order valence-corrected chi connectivity index (χ2v) is 6.77. The Balaban J connectivity index is 1.57. The zero-order chi connectivity index (χ0) is 18.7. The summed E-state index contributed by atoms with van der Waals surface area (Å²) in [5.74, 6) is -0.223. The van der Waals surface area contributed by atoms with Crippen LogP contribution in [0.4, 0.5) is 0 Å². The zero-order valence-corrected chi connectivity index (χ0v) is 15.1. The van der Waals surface area contributed by atoms with Gasteiger partial charge in [-0.3, -0.25) is 19.5 Å². The Morgan fingerprint density at radius 3 is 2.81 bits per heavy atom. The predicted molar refractivity (Wildman–Crippen MR) is 96.8 cm³/mol. The van der Waals surface area contributed by atoms with E-state index in [2.05, 4.69) is 15.2 Å². The summed E-state index contributed by atoms with van der Waals surface area (Å²) in [5, 5.41) is 13.3. The third-order valence-electron chi connectivity index (χ3n) is 4.78. The van der Waals surface area contributed by atoms with Crippen molar-refractivity contribution in [1.29, 1.82) is 0 Å². The first-order chi connectivity index (χ1) is 12.4. The van der Waals surface area contributed by atoms with Crippen LogP contribution < -0.4 is 5.32 Å². The fourth-order valence-corrected chi connectivity index (χ4v) is 3.24. The van der Waals surface area contributed by atoms with Gasteiger partial charge in [-0.2, -0.15) is 0 Å². The van der Waals surface area contributed by atoms with Gasteiger partial charge in [0.15, 0.2) is 5.78 Å². The van der Waals surface area contributed by atoms with Crippen molar-refractivity contribution in [3.05, 3.63) is 53.6 Å². The molecule has 138 valence electrons. The minimum absolute atomic E-state index is 0.0443. The van der Waals surface area contributed by atoms with Crippen LogP contribution in [0.2, 0.25) is 0 Å². The summed E-state index contributed by atoms with van der Waals surface area (Å²) >= 11 is 0. The summed E-state index contributed by atoms with van der Waals surface area (Å²) < 4.78 is 1.94. The average molecular weight is 356 g/mol. The van der Waals surface area contributed by atoms with Gasteiger partial charge in [-0.05, 0) is 31.5 Å². The molecule has 2 aromatic rings. The standard InChI is InChI=1S/C19H24N4O3/c1-13(24)14-9-15(22(2)10-14)11-23-8-6-16(18(25)12-23)21-19(26)17-5-3-4-7-20-17/h3-5,7,9-10,16,18,25H,6,8,11-12H2,1-2H3,(H,21,26)/t16-,18-/m1/s1. The summed E-state index contributed by atoms with van der Waals surface area (Å²) in [5.41, 5.74) is 2.07. The molecule has 7 heteroatoms. The van der Waals surface area contributed by atoms with E-state index in [0.29, 0.717) is 30.8 Å². The Hall–Kier alpha value is -2.51. The van der Waals surface area contributed by atoms with Crippen molar-refractivity contribution < 1.29 is 14.7 Å². The Labute approximate surface area is 152 Å². The molecule has 0 saturated carbocycles. The van der Waals surface area contributed by atoms with E-state index in [4.69, 9.17) is 0 Å². The Morgan fingerprint density at radius 1 is 1.38 bits per heavy atom. The third-order valence-corrected chi connectivity index (χ3v) is 4.78.